The van der Waals surface area contributed by atoms with Crippen molar-refractivity contribution < 1.29 is 72.0 Å². The first kappa shape index (κ1) is 52.5. The molecule has 0 radical (unpaired) electrons. The Morgan fingerprint density at radius 2 is 1.06 bits per heavy atom. The standard InChI is InChI=1S/C44H56F2N6O13/c1-25(54)47-33(23-37(59)60)43(64)49-31(18-20-36(57)58)41(62)52-39(38(27-13-7-3-8-14-27)28-15-9-4-10-16-28)44(65)50-30(17-19-35(55)56)40(61)51-32(21-26-11-5-2-6-12-26)42(63)48-29(24-53)22-34(45)46/h3-4,7-10,13-16,24,26,29-34,38-39H,2,5-6,11-12,17-23H2,1H3,(H,47,54)(H,48,63)(H,49,64)(H,50,65)(H,51,61)(H,52,62)(H,55,56)(H,57,58)(H,59,60)/t29-,30-,31-,32-,33-,39-/m0/s1. The topological polar surface area (TPSA) is 304 Å². The number of amides is 6. The third-order valence-electron chi connectivity index (χ3n) is 10.7. The van der Waals surface area contributed by atoms with E-state index in [1.165, 1.54) is 0 Å². The van der Waals surface area contributed by atoms with Crippen LogP contribution in [0.25, 0.3) is 0 Å². The lowest BCUT2D eigenvalue weighted by atomic mass is 9.84. The fourth-order valence-corrected chi connectivity index (χ4v) is 7.57. The molecule has 3 rings (SSSR count). The molecule has 65 heavy (non-hydrogen) atoms. The predicted molar refractivity (Wildman–Crippen MR) is 226 cm³/mol. The molecular formula is C44H56F2N6O13. The molecule has 6 atom stereocenters. The summed E-state index contributed by atoms with van der Waals surface area (Å²) in [6.45, 7) is 1.02. The number of carboxylic acid groups (broad SMARTS) is 3. The van der Waals surface area contributed by atoms with Gasteiger partial charge in [0.2, 0.25) is 41.9 Å². The number of rotatable bonds is 27. The number of alkyl halides is 2. The molecule has 21 heteroatoms. The maximum Gasteiger partial charge on any atom is 0.305 e. The van der Waals surface area contributed by atoms with Crippen molar-refractivity contribution in [1.29, 1.82) is 0 Å². The molecule has 0 bridgehead atoms. The summed E-state index contributed by atoms with van der Waals surface area (Å²) in [4.78, 5) is 129. The van der Waals surface area contributed by atoms with Crippen LogP contribution in [0.4, 0.5) is 8.78 Å². The molecule has 0 aliphatic heterocycles. The molecule has 1 saturated carbocycles. The van der Waals surface area contributed by atoms with Gasteiger partial charge in [-0.05, 0) is 36.3 Å². The maximum absolute atomic E-state index is 14.8. The number of halogens is 2. The summed E-state index contributed by atoms with van der Waals surface area (Å²) in [7, 11) is 0. The van der Waals surface area contributed by atoms with Crippen molar-refractivity contribution in [3.63, 3.8) is 0 Å². The average Bonchev–Trinajstić information content (AvgIpc) is 3.25. The zero-order valence-electron chi connectivity index (χ0n) is 35.7. The van der Waals surface area contributed by atoms with Crippen LogP contribution < -0.4 is 31.9 Å². The SMILES string of the molecule is CC(=O)N[C@@H](CC(=O)O)C(=O)N[C@@H](CCC(=O)O)C(=O)N[C@H](C(=O)N[C@@H](CCC(=O)O)C(=O)N[C@@H](CC1CCCCC1)C(=O)N[C@H](C=O)CC(F)F)C(c1ccccc1)c1ccccc1. The van der Waals surface area contributed by atoms with Gasteiger partial charge in [-0.25, -0.2) is 8.78 Å². The van der Waals surface area contributed by atoms with Crippen LogP contribution in [-0.4, -0.2) is 118 Å². The third kappa shape index (κ3) is 18.4. The number of aldehydes is 1. The van der Waals surface area contributed by atoms with E-state index in [1.807, 2.05) is 0 Å². The quantitative estimate of drug-likeness (QED) is 0.0579. The molecular weight excluding hydrogens is 859 g/mol. The molecule has 0 spiro atoms. The molecule has 6 amide bonds. The Balaban J connectivity index is 2.10. The summed E-state index contributed by atoms with van der Waals surface area (Å²) in [5.41, 5.74) is 0.864. The van der Waals surface area contributed by atoms with E-state index in [0.717, 1.165) is 26.2 Å². The summed E-state index contributed by atoms with van der Waals surface area (Å²) in [5.74, 6) is -11.6. The van der Waals surface area contributed by atoms with Crippen molar-refractivity contribution in [2.24, 2.45) is 5.92 Å². The van der Waals surface area contributed by atoms with Crippen LogP contribution in [0.1, 0.15) is 101 Å². The summed E-state index contributed by atoms with van der Waals surface area (Å²) in [6.07, 6.45) is -3.29. The smallest absolute Gasteiger partial charge is 0.305 e. The molecule has 354 valence electrons. The van der Waals surface area contributed by atoms with E-state index in [2.05, 4.69) is 31.9 Å². The third-order valence-corrected chi connectivity index (χ3v) is 10.7. The minimum absolute atomic E-state index is 0.0267. The molecule has 9 N–H and O–H groups in total. The van der Waals surface area contributed by atoms with E-state index in [9.17, 15) is 72.0 Å². The number of carbonyl (C=O) groups is 10. The summed E-state index contributed by atoms with van der Waals surface area (Å²) in [6, 6.07) is 6.51. The highest BCUT2D eigenvalue weighted by molar-refractivity contribution is 5.98. The number of hydrogen-bond donors (Lipinski definition) is 9. The van der Waals surface area contributed by atoms with Gasteiger partial charge in [0, 0.05) is 32.1 Å². The molecule has 19 nitrogen and oxygen atoms in total. The minimum atomic E-state index is -2.95. The minimum Gasteiger partial charge on any atom is -0.481 e. The van der Waals surface area contributed by atoms with Gasteiger partial charge in [0.05, 0.1) is 12.5 Å². The summed E-state index contributed by atoms with van der Waals surface area (Å²) in [5, 5.41) is 42.8. The van der Waals surface area contributed by atoms with E-state index in [4.69, 9.17) is 0 Å². The van der Waals surface area contributed by atoms with Crippen LogP contribution in [-0.2, 0) is 47.9 Å². The zero-order chi connectivity index (χ0) is 48.1. The lowest BCUT2D eigenvalue weighted by Gasteiger charge is -2.32. The van der Waals surface area contributed by atoms with Gasteiger partial charge < -0.3 is 52.0 Å². The van der Waals surface area contributed by atoms with Crippen LogP contribution >= 0.6 is 0 Å². The van der Waals surface area contributed by atoms with Crippen molar-refractivity contribution in [1.82, 2.24) is 31.9 Å². The second-order valence-corrected chi connectivity index (χ2v) is 15.8. The first-order chi connectivity index (χ1) is 30.9. The van der Waals surface area contributed by atoms with Gasteiger partial charge in [-0.3, -0.25) is 43.2 Å². The predicted octanol–water partition coefficient (Wildman–Crippen LogP) is 1.78. The second kappa shape index (κ2) is 26.7. The highest BCUT2D eigenvalue weighted by Gasteiger charge is 2.38. The van der Waals surface area contributed by atoms with E-state index >= 15 is 0 Å². The number of hydrogen-bond acceptors (Lipinski definition) is 10. The van der Waals surface area contributed by atoms with Gasteiger partial charge in [-0.15, -0.1) is 0 Å². The van der Waals surface area contributed by atoms with Crippen LogP contribution in [0, 0.1) is 5.92 Å². The molecule has 1 aliphatic rings. The normalized spacial score (nSPS) is 15.5. The Morgan fingerprint density at radius 1 is 0.600 bits per heavy atom. The molecule has 1 fully saturated rings. The van der Waals surface area contributed by atoms with E-state index in [-0.39, 0.29) is 18.6 Å². The molecule has 0 unspecified atom stereocenters. The average molecular weight is 915 g/mol. The Bertz CT molecular complexity index is 1910. The number of carbonyl (C=O) groups excluding carboxylic acids is 7. The van der Waals surface area contributed by atoms with Crippen molar-refractivity contribution in [3.05, 3.63) is 71.8 Å². The van der Waals surface area contributed by atoms with Crippen molar-refractivity contribution in [2.45, 2.75) is 133 Å². The van der Waals surface area contributed by atoms with Crippen molar-refractivity contribution >= 4 is 59.6 Å². The summed E-state index contributed by atoms with van der Waals surface area (Å²) < 4.78 is 26.4. The fraction of sp³-hybridized carbons (Fsp3) is 0.500. The van der Waals surface area contributed by atoms with Crippen LogP contribution in [0.5, 0.6) is 0 Å². The molecule has 1 aliphatic carbocycles. The largest absolute Gasteiger partial charge is 0.481 e. The first-order valence-electron chi connectivity index (χ1n) is 21.2. The Labute approximate surface area is 373 Å². The molecule has 2 aromatic carbocycles. The Hall–Kier alpha value is -6.80. The summed E-state index contributed by atoms with van der Waals surface area (Å²) >= 11 is 0. The Kier molecular flexibility index (Phi) is 21.6. The van der Waals surface area contributed by atoms with Gasteiger partial charge in [-0.1, -0.05) is 92.8 Å². The van der Waals surface area contributed by atoms with E-state index < -0.39 is 140 Å². The van der Waals surface area contributed by atoms with Gasteiger partial charge in [0.25, 0.3) is 0 Å². The number of nitrogens with one attached hydrogen (secondary N) is 6. The lowest BCUT2D eigenvalue weighted by molar-refractivity contribution is -0.141. The maximum atomic E-state index is 14.8. The second-order valence-electron chi connectivity index (χ2n) is 15.8. The van der Waals surface area contributed by atoms with E-state index in [0.29, 0.717) is 24.0 Å². The fourth-order valence-electron chi connectivity index (χ4n) is 7.57. The number of benzene rings is 2. The highest BCUT2D eigenvalue weighted by Crippen LogP contribution is 2.30. The lowest BCUT2D eigenvalue weighted by Crippen LogP contribution is -2.60. The molecule has 2 aromatic rings. The van der Waals surface area contributed by atoms with E-state index in [1.54, 1.807) is 60.7 Å². The van der Waals surface area contributed by atoms with Crippen LogP contribution in [0.2, 0.25) is 0 Å². The van der Waals surface area contributed by atoms with Crippen molar-refractivity contribution in [2.75, 3.05) is 0 Å². The van der Waals surface area contributed by atoms with Gasteiger partial charge in [0.1, 0.15) is 36.5 Å². The Morgan fingerprint density at radius 3 is 1.52 bits per heavy atom. The van der Waals surface area contributed by atoms with Gasteiger partial charge in [-0.2, -0.15) is 0 Å². The zero-order valence-corrected chi connectivity index (χ0v) is 35.7. The molecule has 0 aromatic heterocycles. The number of aliphatic carboxylic acids is 3. The monoisotopic (exact) mass is 914 g/mol. The first-order valence-corrected chi connectivity index (χ1v) is 21.2. The van der Waals surface area contributed by atoms with Gasteiger partial charge in [0.15, 0.2) is 0 Å². The number of carboxylic acids is 3. The van der Waals surface area contributed by atoms with Crippen LogP contribution in [0.15, 0.2) is 60.7 Å². The molecule has 0 heterocycles. The highest BCUT2D eigenvalue weighted by atomic mass is 19.3. The molecule has 0 saturated heterocycles. The van der Waals surface area contributed by atoms with Gasteiger partial charge >= 0.3 is 17.9 Å². The van der Waals surface area contributed by atoms with Crippen molar-refractivity contribution in [3.8, 4) is 0 Å². The van der Waals surface area contributed by atoms with Crippen LogP contribution in [0.3, 0.4) is 0 Å².